The van der Waals surface area contributed by atoms with Crippen LogP contribution in [0.5, 0.6) is 11.5 Å². The van der Waals surface area contributed by atoms with Crippen molar-refractivity contribution in [2.75, 3.05) is 37.4 Å². The Morgan fingerprint density at radius 3 is 2.19 bits per heavy atom. The average Bonchev–Trinajstić information content (AvgIpc) is 2.77. The number of anilines is 1. The van der Waals surface area contributed by atoms with Crippen molar-refractivity contribution in [3.8, 4) is 11.5 Å². The number of amides is 1. The molecular weight excluding hydrogens is 438 g/mol. The molecule has 0 unspecified atom stereocenters. The van der Waals surface area contributed by atoms with Gasteiger partial charge in [-0.25, -0.2) is 18.6 Å². The molecule has 0 aliphatic rings. The normalized spacial score (nSPS) is 11.1. The minimum atomic E-state index is -3.70. The number of nitrogens with zero attached hydrogens (tertiary/aromatic N) is 2. The summed E-state index contributed by atoms with van der Waals surface area (Å²) in [5.74, 6) is -0.0403. The van der Waals surface area contributed by atoms with Gasteiger partial charge in [-0.1, -0.05) is 0 Å². The van der Waals surface area contributed by atoms with Gasteiger partial charge >= 0.3 is 5.97 Å². The lowest BCUT2D eigenvalue weighted by Gasteiger charge is -2.21. The maximum absolute atomic E-state index is 12.2. The molecule has 0 saturated carbocycles. The number of hydrazone groups is 1. The first-order valence-electron chi connectivity index (χ1n) is 9.55. The number of nitrogens with one attached hydrogen (secondary N) is 1. The summed E-state index contributed by atoms with van der Waals surface area (Å²) in [5.41, 5.74) is 3.29. The molecule has 172 valence electrons. The van der Waals surface area contributed by atoms with E-state index in [1.807, 2.05) is 6.92 Å². The van der Waals surface area contributed by atoms with Crippen LogP contribution in [0.1, 0.15) is 12.5 Å². The Hall–Kier alpha value is -3.60. The highest BCUT2D eigenvalue weighted by Crippen LogP contribution is 2.21. The molecule has 0 aromatic heterocycles. The number of hydrogen-bond donors (Lipinski definition) is 1. The highest BCUT2D eigenvalue weighted by Gasteiger charge is 2.20. The molecule has 2 rings (SSSR count). The van der Waals surface area contributed by atoms with Crippen molar-refractivity contribution in [2.24, 2.45) is 5.10 Å². The van der Waals surface area contributed by atoms with E-state index >= 15 is 0 Å². The lowest BCUT2D eigenvalue weighted by molar-refractivity contribution is -0.142. The second-order valence-corrected chi connectivity index (χ2v) is 8.33. The molecule has 1 N–H and O–H groups in total. The number of carbonyl (C=O) groups is 2. The van der Waals surface area contributed by atoms with Crippen molar-refractivity contribution >= 4 is 33.8 Å². The zero-order valence-corrected chi connectivity index (χ0v) is 18.8. The molecule has 2 aromatic carbocycles. The van der Waals surface area contributed by atoms with Crippen molar-refractivity contribution in [3.05, 3.63) is 54.1 Å². The topological polar surface area (TPSA) is 124 Å². The minimum Gasteiger partial charge on any atom is -0.494 e. The molecule has 0 heterocycles. The molecule has 1 amide bonds. The fourth-order valence-corrected chi connectivity index (χ4v) is 3.33. The van der Waals surface area contributed by atoms with Gasteiger partial charge in [0.1, 0.15) is 18.0 Å². The Balaban J connectivity index is 1.95. The number of ether oxygens (including phenoxy) is 3. The van der Waals surface area contributed by atoms with Crippen molar-refractivity contribution in [1.29, 1.82) is 0 Å². The second kappa shape index (κ2) is 11.7. The molecule has 0 bridgehead atoms. The molecule has 0 radical (unpaired) electrons. The van der Waals surface area contributed by atoms with Crippen LogP contribution in [0.2, 0.25) is 0 Å². The summed E-state index contributed by atoms with van der Waals surface area (Å²) >= 11 is 0. The molecule has 0 fully saturated rings. The summed E-state index contributed by atoms with van der Waals surface area (Å²) in [5, 5.41) is 3.84. The van der Waals surface area contributed by atoms with E-state index in [1.54, 1.807) is 48.5 Å². The number of hydrogen-bond acceptors (Lipinski definition) is 8. The van der Waals surface area contributed by atoms with E-state index in [1.165, 1.54) is 13.3 Å². The molecule has 0 atom stereocenters. The van der Waals surface area contributed by atoms with Crippen LogP contribution in [0.4, 0.5) is 5.69 Å². The fraction of sp³-hybridized carbons (Fsp3) is 0.286. The first-order valence-corrected chi connectivity index (χ1v) is 11.4. The van der Waals surface area contributed by atoms with E-state index in [4.69, 9.17) is 9.47 Å². The van der Waals surface area contributed by atoms with E-state index < -0.39 is 28.4 Å². The zero-order valence-electron chi connectivity index (χ0n) is 18.0. The van der Waals surface area contributed by atoms with Gasteiger partial charge in [-0.05, 0) is 61.0 Å². The fourth-order valence-electron chi connectivity index (χ4n) is 2.47. The Kier molecular flexibility index (Phi) is 9.02. The monoisotopic (exact) mass is 463 g/mol. The smallest absolute Gasteiger partial charge is 0.343 e. The quantitative estimate of drug-likeness (QED) is 0.305. The largest absolute Gasteiger partial charge is 0.494 e. The standard InChI is InChI=1S/C21H25N3O7S/c1-4-30-18-11-7-17(8-12-18)24(32(3,27)28)14-20(25)23-22-13-16-5-9-19(10-6-16)31-15-21(26)29-2/h5-13H,4,14-15H2,1-3H3,(H,23,25)/b22-13+. The average molecular weight is 464 g/mol. The molecule has 10 nitrogen and oxygen atoms in total. The number of rotatable bonds is 11. The van der Waals surface area contributed by atoms with E-state index in [2.05, 4.69) is 15.3 Å². The van der Waals surface area contributed by atoms with Gasteiger partial charge in [-0.3, -0.25) is 9.10 Å². The van der Waals surface area contributed by atoms with E-state index in [9.17, 15) is 18.0 Å². The summed E-state index contributed by atoms with van der Waals surface area (Å²) in [4.78, 5) is 23.3. The van der Waals surface area contributed by atoms with Crippen molar-refractivity contribution in [1.82, 2.24) is 5.43 Å². The molecule has 0 spiro atoms. The second-order valence-electron chi connectivity index (χ2n) is 6.42. The van der Waals surface area contributed by atoms with E-state index in [-0.39, 0.29) is 6.61 Å². The number of sulfonamides is 1. The first kappa shape index (κ1) is 24.7. The van der Waals surface area contributed by atoms with Gasteiger partial charge < -0.3 is 14.2 Å². The SMILES string of the molecule is CCOc1ccc(N(CC(=O)N/N=C/c2ccc(OCC(=O)OC)cc2)S(C)(=O)=O)cc1. The van der Waals surface area contributed by atoms with Crippen molar-refractivity contribution < 1.29 is 32.2 Å². The lowest BCUT2D eigenvalue weighted by atomic mass is 10.2. The van der Waals surface area contributed by atoms with Crippen LogP contribution in [0.15, 0.2) is 53.6 Å². The summed E-state index contributed by atoms with van der Waals surface area (Å²) in [6.45, 7) is 1.68. The molecule has 32 heavy (non-hydrogen) atoms. The third-order valence-electron chi connectivity index (χ3n) is 3.99. The van der Waals surface area contributed by atoms with Crippen LogP contribution < -0.4 is 19.2 Å². The number of esters is 1. The lowest BCUT2D eigenvalue weighted by Crippen LogP contribution is -2.39. The molecule has 0 saturated heterocycles. The van der Waals surface area contributed by atoms with Gasteiger partial charge in [0.2, 0.25) is 10.0 Å². The first-order chi connectivity index (χ1) is 15.2. The van der Waals surface area contributed by atoms with Crippen LogP contribution in [0, 0.1) is 0 Å². The highest BCUT2D eigenvalue weighted by molar-refractivity contribution is 7.92. The summed E-state index contributed by atoms with van der Waals surface area (Å²) in [6.07, 6.45) is 2.41. The Bertz CT molecular complexity index is 1040. The van der Waals surface area contributed by atoms with Crippen LogP contribution in [-0.2, 0) is 24.3 Å². The van der Waals surface area contributed by atoms with Crippen LogP contribution >= 0.6 is 0 Å². The summed E-state index contributed by atoms with van der Waals surface area (Å²) < 4.78 is 40.4. The predicted octanol–water partition coefficient (Wildman–Crippen LogP) is 1.55. The number of methoxy groups -OCH3 is 1. The van der Waals surface area contributed by atoms with Gasteiger partial charge in [-0.2, -0.15) is 5.10 Å². The number of benzene rings is 2. The van der Waals surface area contributed by atoms with Crippen molar-refractivity contribution in [2.45, 2.75) is 6.92 Å². The van der Waals surface area contributed by atoms with Crippen LogP contribution in [-0.4, -0.2) is 59.6 Å². The van der Waals surface area contributed by atoms with E-state index in [0.29, 0.717) is 29.4 Å². The third kappa shape index (κ3) is 7.91. The van der Waals surface area contributed by atoms with Gasteiger partial charge in [0, 0.05) is 0 Å². The minimum absolute atomic E-state index is 0.203. The molecule has 11 heteroatoms. The zero-order chi connectivity index (χ0) is 23.6. The summed E-state index contributed by atoms with van der Waals surface area (Å²) in [7, 11) is -2.43. The Morgan fingerprint density at radius 2 is 1.62 bits per heavy atom. The summed E-state index contributed by atoms with van der Waals surface area (Å²) in [6, 6.07) is 13.0. The molecule has 2 aromatic rings. The predicted molar refractivity (Wildman–Crippen MR) is 119 cm³/mol. The van der Waals surface area contributed by atoms with Gasteiger partial charge in [0.05, 0.1) is 31.9 Å². The molecule has 0 aliphatic carbocycles. The van der Waals surface area contributed by atoms with Gasteiger partial charge in [0.25, 0.3) is 5.91 Å². The Morgan fingerprint density at radius 1 is 1.03 bits per heavy atom. The van der Waals surface area contributed by atoms with E-state index in [0.717, 1.165) is 10.6 Å². The third-order valence-corrected chi connectivity index (χ3v) is 5.13. The van der Waals surface area contributed by atoms with Crippen molar-refractivity contribution in [3.63, 3.8) is 0 Å². The number of carbonyl (C=O) groups excluding carboxylic acids is 2. The van der Waals surface area contributed by atoms with Crippen LogP contribution in [0.25, 0.3) is 0 Å². The maximum Gasteiger partial charge on any atom is 0.343 e. The van der Waals surface area contributed by atoms with Gasteiger partial charge in [-0.15, -0.1) is 0 Å². The maximum atomic E-state index is 12.2. The molecule has 0 aliphatic heterocycles. The highest BCUT2D eigenvalue weighted by atomic mass is 32.2. The Labute approximate surface area is 186 Å². The molecular formula is C21H25N3O7S. The van der Waals surface area contributed by atoms with Gasteiger partial charge in [0.15, 0.2) is 6.61 Å². The van der Waals surface area contributed by atoms with Crippen LogP contribution in [0.3, 0.4) is 0 Å².